The van der Waals surface area contributed by atoms with Gasteiger partial charge in [0, 0.05) is 19.3 Å². The van der Waals surface area contributed by atoms with E-state index in [-0.39, 0.29) is 31.1 Å². The molecule has 0 bridgehead atoms. The van der Waals surface area contributed by atoms with Crippen LogP contribution in [0.4, 0.5) is 0 Å². The Bertz CT molecular complexity index is 978. The third-order valence-corrected chi connectivity index (χ3v) is 13.2. The summed E-state index contributed by atoms with van der Waals surface area (Å²) in [6.07, 6.45) is 53.8. The maximum absolute atomic E-state index is 12.8. The summed E-state index contributed by atoms with van der Waals surface area (Å²) in [7, 11) is 0. The molecular weight excluding hydrogens is 793 g/mol. The Morgan fingerprint density at radius 1 is 0.297 bits per heavy atom. The Morgan fingerprint density at radius 2 is 0.516 bits per heavy atom. The minimum atomic E-state index is -0.763. The van der Waals surface area contributed by atoms with E-state index in [1.807, 2.05) is 0 Å². The molecule has 0 aliphatic heterocycles. The van der Waals surface area contributed by atoms with Crippen molar-refractivity contribution in [2.75, 3.05) is 13.2 Å². The highest BCUT2D eigenvalue weighted by atomic mass is 16.6. The first-order valence-corrected chi connectivity index (χ1v) is 28.7. The summed E-state index contributed by atoms with van der Waals surface area (Å²) >= 11 is 0. The summed E-state index contributed by atoms with van der Waals surface area (Å²) in [5.74, 6) is 0.811. The molecule has 0 rings (SSSR count). The van der Waals surface area contributed by atoms with Crippen LogP contribution in [0.3, 0.4) is 0 Å². The van der Waals surface area contributed by atoms with Crippen molar-refractivity contribution in [3.63, 3.8) is 0 Å². The second-order valence-corrected chi connectivity index (χ2v) is 20.9. The lowest BCUT2D eigenvalue weighted by Crippen LogP contribution is -2.30. The molecule has 0 N–H and O–H groups in total. The summed E-state index contributed by atoms with van der Waals surface area (Å²) in [5, 5.41) is 0. The van der Waals surface area contributed by atoms with E-state index < -0.39 is 6.10 Å². The molecular formula is C58H112O6. The maximum Gasteiger partial charge on any atom is 0.306 e. The van der Waals surface area contributed by atoms with Gasteiger partial charge >= 0.3 is 17.9 Å². The van der Waals surface area contributed by atoms with Gasteiger partial charge in [0.1, 0.15) is 13.2 Å². The zero-order valence-corrected chi connectivity index (χ0v) is 43.9. The second-order valence-electron chi connectivity index (χ2n) is 20.9. The fourth-order valence-corrected chi connectivity index (χ4v) is 8.87. The molecule has 0 saturated carbocycles. The Labute approximate surface area is 399 Å². The highest BCUT2D eigenvalue weighted by Crippen LogP contribution is 2.18. The molecule has 380 valence electrons. The van der Waals surface area contributed by atoms with Crippen molar-refractivity contribution in [2.24, 2.45) is 11.8 Å². The zero-order valence-electron chi connectivity index (χ0n) is 43.9. The molecule has 0 aliphatic rings. The number of carbonyl (C=O) groups excluding carboxylic acids is 3. The third-order valence-electron chi connectivity index (χ3n) is 13.2. The van der Waals surface area contributed by atoms with E-state index in [4.69, 9.17) is 14.2 Å². The lowest BCUT2D eigenvalue weighted by Gasteiger charge is -2.18. The van der Waals surface area contributed by atoms with E-state index in [0.717, 1.165) is 69.6 Å². The third kappa shape index (κ3) is 51.4. The molecule has 6 heteroatoms. The van der Waals surface area contributed by atoms with Gasteiger partial charge in [-0.05, 0) is 31.1 Å². The smallest absolute Gasteiger partial charge is 0.306 e. The van der Waals surface area contributed by atoms with Crippen LogP contribution in [0.2, 0.25) is 0 Å². The van der Waals surface area contributed by atoms with E-state index in [0.29, 0.717) is 19.3 Å². The largest absolute Gasteiger partial charge is 0.462 e. The van der Waals surface area contributed by atoms with Crippen LogP contribution in [0.15, 0.2) is 0 Å². The summed E-state index contributed by atoms with van der Waals surface area (Å²) in [6, 6.07) is 0. The van der Waals surface area contributed by atoms with Gasteiger partial charge in [0.15, 0.2) is 6.10 Å². The lowest BCUT2D eigenvalue weighted by atomic mass is 10.0. The second kappa shape index (κ2) is 50.8. The normalized spacial score (nSPS) is 12.0. The zero-order chi connectivity index (χ0) is 46.8. The Balaban J connectivity index is 4.29. The van der Waals surface area contributed by atoms with Crippen molar-refractivity contribution in [3.05, 3.63) is 0 Å². The molecule has 0 amide bonds. The van der Waals surface area contributed by atoms with Crippen LogP contribution in [0.25, 0.3) is 0 Å². The number of hydrogen-bond acceptors (Lipinski definition) is 6. The van der Waals surface area contributed by atoms with E-state index in [1.165, 1.54) is 212 Å². The molecule has 0 aromatic carbocycles. The van der Waals surface area contributed by atoms with Gasteiger partial charge in [-0.3, -0.25) is 14.4 Å². The van der Waals surface area contributed by atoms with Gasteiger partial charge < -0.3 is 14.2 Å². The Morgan fingerprint density at radius 3 is 0.766 bits per heavy atom. The lowest BCUT2D eigenvalue weighted by molar-refractivity contribution is -0.167. The SMILES string of the molecule is CCCCCCCCCCCCCCCCCCCCC(=O)O[C@@H](COC(=O)CCCCCCCCCCCCCCC(C)C)COC(=O)CCCCCCCCCCCCC(C)C. The average molecular weight is 906 g/mol. The highest BCUT2D eigenvalue weighted by Gasteiger charge is 2.19. The van der Waals surface area contributed by atoms with Gasteiger partial charge in [0.25, 0.3) is 0 Å². The molecule has 0 aliphatic carbocycles. The first-order valence-electron chi connectivity index (χ1n) is 28.7. The Kier molecular flexibility index (Phi) is 49.6. The maximum atomic E-state index is 12.8. The number of esters is 3. The minimum Gasteiger partial charge on any atom is -0.462 e. The predicted molar refractivity (Wildman–Crippen MR) is 275 cm³/mol. The van der Waals surface area contributed by atoms with Gasteiger partial charge in [-0.15, -0.1) is 0 Å². The molecule has 0 saturated heterocycles. The summed E-state index contributed by atoms with van der Waals surface area (Å²) in [5.41, 5.74) is 0. The number of hydrogen-bond donors (Lipinski definition) is 0. The number of ether oxygens (including phenoxy) is 3. The van der Waals surface area contributed by atoms with Crippen molar-refractivity contribution < 1.29 is 28.6 Å². The fraction of sp³-hybridized carbons (Fsp3) is 0.948. The number of rotatable bonds is 52. The average Bonchev–Trinajstić information content (AvgIpc) is 3.27. The van der Waals surface area contributed by atoms with Crippen LogP contribution in [-0.4, -0.2) is 37.2 Å². The number of unbranched alkanes of at least 4 members (excludes halogenated alkanes) is 37. The van der Waals surface area contributed by atoms with Gasteiger partial charge in [-0.25, -0.2) is 0 Å². The highest BCUT2D eigenvalue weighted by molar-refractivity contribution is 5.71. The summed E-state index contributed by atoms with van der Waals surface area (Å²) in [6.45, 7) is 11.4. The van der Waals surface area contributed by atoms with Crippen LogP contribution >= 0.6 is 0 Å². The van der Waals surface area contributed by atoms with Crippen molar-refractivity contribution in [1.29, 1.82) is 0 Å². The molecule has 1 atom stereocenters. The molecule has 6 nitrogen and oxygen atoms in total. The number of carbonyl (C=O) groups is 3. The standard InChI is InChI=1S/C58H112O6/c1-6-7-8-9-10-11-12-13-14-15-16-17-18-23-30-35-40-45-50-58(61)64-55(52-63-57(60)49-44-39-34-29-25-24-27-32-37-42-47-54(4)5)51-62-56(59)48-43-38-33-28-22-20-19-21-26-31-36-41-46-53(2)3/h53-55H,6-52H2,1-5H3/t55-/m0/s1. The van der Waals surface area contributed by atoms with Gasteiger partial charge in [-0.1, -0.05) is 285 Å². The molecule has 0 aromatic heterocycles. The van der Waals surface area contributed by atoms with Crippen LogP contribution in [0, 0.1) is 11.8 Å². The molecule has 0 spiro atoms. The quantitative estimate of drug-likeness (QED) is 0.0344. The van der Waals surface area contributed by atoms with Crippen LogP contribution in [0.1, 0.15) is 324 Å². The minimum absolute atomic E-state index is 0.0631. The van der Waals surface area contributed by atoms with Crippen molar-refractivity contribution in [3.8, 4) is 0 Å². The van der Waals surface area contributed by atoms with Crippen molar-refractivity contribution >= 4 is 17.9 Å². The molecule has 64 heavy (non-hydrogen) atoms. The van der Waals surface area contributed by atoms with E-state index >= 15 is 0 Å². The van der Waals surface area contributed by atoms with Crippen molar-refractivity contribution in [1.82, 2.24) is 0 Å². The van der Waals surface area contributed by atoms with Gasteiger partial charge in [-0.2, -0.15) is 0 Å². The van der Waals surface area contributed by atoms with Crippen LogP contribution in [0.5, 0.6) is 0 Å². The Hall–Kier alpha value is -1.59. The van der Waals surface area contributed by atoms with Crippen LogP contribution < -0.4 is 0 Å². The van der Waals surface area contributed by atoms with Crippen molar-refractivity contribution in [2.45, 2.75) is 330 Å². The molecule has 0 radical (unpaired) electrons. The van der Waals surface area contributed by atoms with Gasteiger partial charge in [0.05, 0.1) is 0 Å². The fourth-order valence-electron chi connectivity index (χ4n) is 8.87. The molecule has 0 heterocycles. The van der Waals surface area contributed by atoms with Crippen LogP contribution in [-0.2, 0) is 28.6 Å². The summed E-state index contributed by atoms with van der Waals surface area (Å²) in [4.78, 5) is 38.1. The molecule has 0 unspecified atom stereocenters. The summed E-state index contributed by atoms with van der Waals surface area (Å²) < 4.78 is 16.9. The van der Waals surface area contributed by atoms with E-state index in [9.17, 15) is 14.4 Å². The first kappa shape index (κ1) is 62.4. The monoisotopic (exact) mass is 905 g/mol. The first-order chi connectivity index (χ1) is 31.2. The van der Waals surface area contributed by atoms with E-state index in [1.54, 1.807) is 0 Å². The van der Waals surface area contributed by atoms with E-state index in [2.05, 4.69) is 34.6 Å². The predicted octanol–water partition coefficient (Wildman–Crippen LogP) is 18.9. The topological polar surface area (TPSA) is 78.9 Å². The molecule has 0 fully saturated rings. The molecule has 0 aromatic rings. The van der Waals surface area contributed by atoms with Gasteiger partial charge in [0.2, 0.25) is 0 Å².